The molecule has 4 N–H and O–H groups in total. The van der Waals surface area contributed by atoms with Crippen molar-refractivity contribution in [2.75, 3.05) is 6.54 Å². The van der Waals surface area contributed by atoms with Crippen molar-refractivity contribution >= 4 is 0 Å². The molecule has 4 heteroatoms. The van der Waals surface area contributed by atoms with E-state index in [0.717, 1.165) is 6.07 Å². The quantitative estimate of drug-likeness (QED) is 0.623. The Kier molecular flexibility index (Phi) is 2.50. The third-order valence-corrected chi connectivity index (χ3v) is 1.56. The summed E-state index contributed by atoms with van der Waals surface area (Å²) in [5.41, 5.74) is 5.17. The lowest BCUT2D eigenvalue weighted by Gasteiger charge is -2.07. The average Bonchev–Trinajstić information content (AvgIpc) is 2.03. The normalized spacial score (nSPS) is 12.8. The van der Waals surface area contributed by atoms with Gasteiger partial charge in [-0.05, 0) is 12.1 Å². The van der Waals surface area contributed by atoms with Crippen LogP contribution < -0.4 is 5.73 Å². The van der Waals surface area contributed by atoms with Gasteiger partial charge in [-0.15, -0.1) is 0 Å². The number of rotatable bonds is 2. The maximum Gasteiger partial charge on any atom is 0.141 e. The minimum atomic E-state index is -1.38. The number of phenolic OH excluding ortho intramolecular Hbond substituents is 2. The van der Waals surface area contributed by atoms with E-state index >= 15 is 0 Å². The van der Waals surface area contributed by atoms with Gasteiger partial charge in [-0.25, -0.2) is 4.39 Å². The molecular weight excluding hydrogens is 161 g/mol. The molecule has 0 fully saturated rings. The smallest absolute Gasteiger partial charge is 0.141 e. The molecule has 1 aromatic rings. The fourth-order valence-electron chi connectivity index (χ4n) is 0.924. The van der Waals surface area contributed by atoms with Crippen LogP contribution in [0.4, 0.5) is 4.39 Å². The molecule has 0 saturated heterocycles. The van der Waals surface area contributed by atoms with Crippen LogP contribution in [0.25, 0.3) is 0 Å². The third kappa shape index (κ3) is 1.65. The molecule has 0 aromatic heterocycles. The van der Waals surface area contributed by atoms with E-state index in [1.54, 1.807) is 0 Å². The summed E-state index contributed by atoms with van der Waals surface area (Å²) >= 11 is 0. The average molecular weight is 171 g/mol. The second-order valence-corrected chi connectivity index (χ2v) is 2.45. The number of halogens is 1. The van der Waals surface area contributed by atoms with Gasteiger partial charge in [-0.2, -0.15) is 0 Å². The number of phenols is 2. The number of aromatic hydroxyl groups is 2. The van der Waals surface area contributed by atoms with Crippen molar-refractivity contribution in [1.29, 1.82) is 0 Å². The Bertz CT molecular complexity index is 278. The summed E-state index contributed by atoms with van der Waals surface area (Å²) < 4.78 is 12.9. The van der Waals surface area contributed by atoms with Crippen LogP contribution in [0.1, 0.15) is 11.7 Å². The fourth-order valence-corrected chi connectivity index (χ4v) is 0.924. The van der Waals surface area contributed by atoms with Crippen molar-refractivity contribution in [3.05, 3.63) is 23.8 Å². The SMILES string of the molecule is NCC(F)c1ccc(O)cc1O. The van der Waals surface area contributed by atoms with Gasteiger partial charge in [0.05, 0.1) is 0 Å². The molecule has 0 bridgehead atoms. The van der Waals surface area contributed by atoms with E-state index in [0.29, 0.717) is 0 Å². The molecule has 0 saturated carbocycles. The van der Waals surface area contributed by atoms with Gasteiger partial charge >= 0.3 is 0 Å². The minimum absolute atomic E-state index is 0.0968. The van der Waals surface area contributed by atoms with Gasteiger partial charge in [0, 0.05) is 18.2 Å². The molecular formula is C8H10FNO2. The van der Waals surface area contributed by atoms with Crippen LogP contribution in [-0.4, -0.2) is 16.8 Å². The first-order valence-corrected chi connectivity index (χ1v) is 3.51. The second-order valence-electron chi connectivity index (χ2n) is 2.45. The Morgan fingerprint density at radius 2 is 2.08 bits per heavy atom. The van der Waals surface area contributed by atoms with E-state index in [9.17, 15) is 4.39 Å². The Balaban J connectivity index is 3.01. The first-order chi connectivity index (χ1) is 5.65. The zero-order valence-corrected chi connectivity index (χ0v) is 6.37. The Labute approximate surface area is 69.3 Å². The summed E-state index contributed by atoms with van der Waals surface area (Å²) in [5, 5.41) is 18.0. The van der Waals surface area contributed by atoms with Crippen molar-refractivity contribution in [3.63, 3.8) is 0 Å². The molecule has 66 valence electrons. The topological polar surface area (TPSA) is 66.5 Å². The van der Waals surface area contributed by atoms with Crippen LogP contribution in [0, 0.1) is 0 Å². The van der Waals surface area contributed by atoms with Crippen molar-refractivity contribution in [3.8, 4) is 11.5 Å². The summed E-state index contributed by atoms with van der Waals surface area (Å²) in [6, 6.07) is 3.69. The predicted molar refractivity (Wildman–Crippen MR) is 42.7 cm³/mol. The Hall–Kier alpha value is -1.29. The fraction of sp³-hybridized carbons (Fsp3) is 0.250. The molecule has 1 unspecified atom stereocenters. The first kappa shape index (κ1) is 8.80. The van der Waals surface area contributed by atoms with Crippen LogP contribution in [0.2, 0.25) is 0 Å². The zero-order valence-electron chi connectivity index (χ0n) is 6.37. The first-order valence-electron chi connectivity index (χ1n) is 3.51. The van der Waals surface area contributed by atoms with E-state index in [1.165, 1.54) is 12.1 Å². The summed E-state index contributed by atoms with van der Waals surface area (Å²) in [4.78, 5) is 0. The van der Waals surface area contributed by atoms with Gasteiger partial charge in [-0.3, -0.25) is 0 Å². The molecule has 3 nitrogen and oxygen atoms in total. The van der Waals surface area contributed by atoms with E-state index in [4.69, 9.17) is 15.9 Å². The lowest BCUT2D eigenvalue weighted by molar-refractivity contribution is 0.337. The highest BCUT2D eigenvalue weighted by atomic mass is 19.1. The molecule has 0 amide bonds. The van der Waals surface area contributed by atoms with E-state index in [-0.39, 0.29) is 23.6 Å². The number of benzene rings is 1. The van der Waals surface area contributed by atoms with Gasteiger partial charge < -0.3 is 15.9 Å². The molecule has 0 aliphatic carbocycles. The Morgan fingerprint density at radius 1 is 1.42 bits per heavy atom. The minimum Gasteiger partial charge on any atom is -0.508 e. The monoisotopic (exact) mass is 171 g/mol. The highest BCUT2D eigenvalue weighted by Crippen LogP contribution is 2.29. The molecule has 1 aromatic carbocycles. The predicted octanol–water partition coefficient (Wildman–Crippen LogP) is 1.07. The molecule has 12 heavy (non-hydrogen) atoms. The molecule has 0 aliphatic rings. The zero-order chi connectivity index (χ0) is 9.14. The molecule has 1 rings (SSSR count). The van der Waals surface area contributed by atoms with E-state index in [2.05, 4.69) is 0 Å². The number of nitrogens with two attached hydrogens (primary N) is 1. The maximum absolute atomic E-state index is 12.9. The van der Waals surface area contributed by atoms with Crippen LogP contribution in [-0.2, 0) is 0 Å². The van der Waals surface area contributed by atoms with Crippen LogP contribution in [0.15, 0.2) is 18.2 Å². The van der Waals surface area contributed by atoms with E-state index < -0.39 is 6.17 Å². The molecule has 0 heterocycles. The van der Waals surface area contributed by atoms with Crippen molar-refractivity contribution in [2.24, 2.45) is 5.73 Å². The summed E-state index contributed by atoms with van der Waals surface area (Å²) in [6.45, 7) is -0.182. The second kappa shape index (κ2) is 3.40. The third-order valence-electron chi connectivity index (χ3n) is 1.56. The molecule has 0 spiro atoms. The van der Waals surface area contributed by atoms with Crippen LogP contribution in [0.3, 0.4) is 0 Å². The van der Waals surface area contributed by atoms with E-state index in [1.807, 2.05) is 0 Å². The molecule has 0 aliphatic heterocycles. The van der Waals surface area contributed by atoms with Crippen LogP contribution in [0.5, 0.6) is 11.5 Å². The summed E-state index contributed by atoms with van der Waals surface area (Å²) in [7, 11) is 0. The Morgan fingerprint density at radius 3 is 2.58 bits per heavy atom. The summed E-state index contributed by atoms with van der Waals surface area (Å²) in [5.74, 6) is -0.367. The number of hydrogen-bond donors (Lipinski definition) is 3. The standard InChI is InChI=1S/C8H10FNO2/c9-7(4-10)6-2-1-5(11)3-8(6)12/h1-3,7,11-12H,4,10H2. The van der Waals surface area contributed by atoms with Crippen molar-refractivity contribution < 1.29 is 14.6 Å². The number of alkyl halides is 1. The van der Waals surface area contributed by atoms with Gasteiger partial charge in [0.15, 0.2) is 0 Å². The lowest BCUT2D eigenvalue weighted by atomic mass is 10.1. The van der Waals surface area contributed by atoms with Gasteiger partial charge in [0.25, 0.3) is 0 Å². The summed E-state index contributed by atoms with van der Waals surface area (Å²) in [6.07, 6.45) is -1.38. The van der Waals surface area contributed by atoms with Crippen molar-refractivity contribution in [1.82, 2.24) is 0 Å². The van der Waals surface area contributed by atoms with Gasteiger partial charge in [0.2, 0.25) is 0 Å². The maximum atomic E-state index is 12.9. The van der Waals surface area contributed by atoms with Gasteiger partial charge in [0.1, 0.15) is 17.7 Å². The molecule has 1 atom stereocenters. The van der Waals surface area contributed by atoms with Crippen molar-refractivity contribution in [2.45, 2.75) is 6.17 Å². The van der Waals surface area contributed by atoms with Gasteiger partial charge in [-0.1, -0.05) is 0 Å². The lowest BCUT2D eigenvalue weighted by Crippen LogP contribution is -2.07. The van der Waals surface area contributed by atoms with Crippen LogP contribution >= 0.6 is 0 Å². The highest BCUT2D eigenvalue weighted by molar-refractivity contribution is 5.40. The largest absolute Gasteiger partial charge is 0.508 e. The number of hydrogen-bond acceptors (Lipinski definition) is 3. The molecule has 0 radical (unpaired) electrons. The highest BCUT2D eigenvalue weighted by Gasteiger charge is 2.12.